The summed E-state index contributed by atoms with van der Waals surface area (Å²) in [6, 6.07) is 6.10. The number of hydrogen-bond donors (Lipinski definition) is 2. The summed E-state index contributed by atoms with van der Waals surface area (Å²) in [5.74, 6) is 0.804. The molecule has 5 nitrogen and oxygen atoms in total. The van der Waals surface area contributed by atoms with Gasteiger partial charge in [0.15, 0.2) is 0 Å². The molecule has 1 aromatic heterocycles. The van der Waals surface area contributed by atoms with E-state index >= 15 is 0 Å². The second-order valence-corrected chi connectivity index (χ2v) is 10.4. The molecule has 0 aliphatic carbocycles. The molecule has 2 N–H and O–H groups in total. The maximum Gasteiger partial charge on any atom is 0.416 e. The lowest BCUT2D eigenvalue weighted by Gasteiger charge is -2.29. The van der Waals surface area contributed by atoms with Gasteiger partial charge in [-0.15, -0.1) is 0 Å². The SMILES string of the molecule is CC.CCCCC(CC(C)C)N/C1=c2\cncc\c2=C(/c2ccc(C(F)(F)F)cc2OC2COC2)CNCC1. The molecule has 0 radical (unpaired) electrons. The van der Waals surface area contributed by atoms with Crippen LogP contribution in [0, 0.1) is 5.92 Å². The zero-order valence-electron chi connectivity index (χ0n) is 24.0. The first-order valence-corrected chi connectivity index (χ1v) is 14.4. The largest absolute Gasteiger partial charge is 0.485 e. The Hall–Kier alpha value is -2.58. The molecule has 1 atom stereocenters. The van der Waals surface area contributed by atoms with Crippen LogP contribution in [-0.4, -0.2) is 43.4 Å². The van der Waals surface area contributed by atoms with E-state index in [9.17, 15) is 13.2 Å². The number of alkyl halides is 3. The number of nitrogens with one attached hydrogen (secondary N) is 2. The minimum Gasteiger partial charge on any atom is -0.485 e. The van der Waals surface area contributed by atoms with E-state index in [2.05, 4.69) is 36.4 Å². The van der Waals surface area contributed by atoms with Gasteiger partial charge >= 0.3 is 6.18 Å². The fourth-order valence-electron chi connectivity index (χ4n) is 4.97. The van der Waals surface area contributed by atoms with Gasteiger partial charge in [0.05, 0.1) is 18.8 Å². The normalized spacial score (nSPS) is 19.6. The molecule has 1 aromatic carbocycles. The van der Waals surface area contributed by atoms with Crippen LogP contribution in [0.5, 0.6) is 5.75 Å². The summed E-state index contributed by atoms with van der Waals surface area (Å²) >= 11 is 0. The average molecular weight is 548 g/mol. The molecule has 4 rings (SSSR count). The lowest BCUT2D eigenvalue weighted by atomic mass is 9.96. The summed E-state index contributed by atoms with van der Waals surface area (Å²) in [4.78, 5) is 4.43. The van der Waals surface area contributed by atoms with E-state index in [4.69, 9.17) is 9.47 Å². The van der Waals surface area contributed by atoms with Crippen molar-refractivity contribution in [2.24, 2.45) is 5.92 Å². The van der Waals surface area contributed by atoms with Crippen LogP contribution in [0.2, 0.25) is 0 Å². The maximum atomic E-state index is 13.6. The average Bonchev–Trinajstić information content (AvgIpc) is 2.88. The van der Waals surface area contributed by atoms with Gasteiger partial charge in [-0.05, 0) is 47.8 Å². The Morgan fingerprint density at radius 3 is 2.56 bits per heavy atom. The summed E-state index contributed by atoms with van der Waals surface area (Å²) in [6.07, 6.45) is 4.21. The fourth-order valence-corrected chi connectivity index (χ4v) is 4.97. The molecule has 0 amide bonds. The van der Waals surface area contributed by atoms with Crippen molar-refractivity contribution in [2.45, 2.75) is 85.0 Å². The van der Waals surface area contributed by atoms with Crippen LogP contribution in [0.25, 0.3) is 11.3 Å². The summed E-state index contributed by atoms with van der Waals surface area (Å²) in [5.41, 5.74) is 1.96. The zero-order valence-corrected chi connectivity index (χ0v) is 24.0. The quantitative estimate of drug-likeness (QED) is 0.417. The highest BCUT2D eigenvalue weighted by atomic mass is 19.4. The Morgan fingerprint density at radius 2 is 1.92 bits per heavy atom. The summed E-state index contributed by atoms with van der Waals surface area (Å²) < 4.78 is 51.9. The number of fused-ring (bicyclic) bond motifs is 1. The molecule has 0 saturated carbocycles. The third-order valence-electron chi connectivity index (χ3n) is 6.90. The van der Waals surface area contributed by atoms with Crippen molar-refractivity contribution in [2.75, 3.05) is 26.3 Å². The van der Waals surface area contributed by atoms with Gasteiger partial charge in [-0.2, -0.15) is 13.2 Å². The smallest absolute Gasteiger partial charge is 0.416 e. The molecule has 3 heterocycles. The van der Waals surface area contributed by atoms with Crippen LogP contribution in [0.15, 0.2) is 36.7 Å². The molecule has 0 spiro atoms. The standard InChI is InChI=1S/C29H38F3N3O2.C2H6/c1-4-5-6-21(13-19(2)3)35-27-10-12-34-15-25(23-9-11-33-16-26(23)27)24-8-7-20(29(30,31)32)14-28(24)37-22-17-36-18-22;1-2/h7-9,11,14,16,19,21-22,34-35H,4-6,10,12-13,15,17-18H2,1-3H3;1-2H3/b25-23+,27-26+;. The molecule has 1 saturated heterocycles. The molecule has 0 bridgehead atoms. The van der Waals surface area contributed by atoms with E-state index in [1.54, 1.807) is 6.20 Å². The van der Waals surface area contributed by atoms with Gasteiger partial charge in [-0.3, -0.25) is 4.98 Å². The van der Waals surface area contributed by atoms with Crippen molar-refractivity contribution in [3.63, 3.8) is 0 Å². The molecular formula is C31H44F3N3O2. The van der Waals surface area contributed by atoms with E-state index in [1.807, 2.05) is 26.1 Å². The third-order valence-corrected chi connectivity index (χ3v) is 6.90. The van der Waals surface area contributed by atoms with E-state index in [0.29, 0.717) is 37.3 Å². The van der Waals surface area contributed by atoms with Crippen molar-refractivity contribution in [3.05, 3.63) is 58.2 Å². The Labute approximate surface area is 230 Å². The number of unbranched alkanes of at least 4 members (excludes halogenated alkanes) is 1. The van der Waals surface area contributed by atoms with Crippen LogP contribution in [0.4, 0.5) is 13.2 Å². The Morgan fingerprint density at radius 1 is 1.15 bits per heavy atom. The summed E-state index contributed by atoms with van der Waals surface area (Å²) in [5, 5.41) is 9.29. The van der Waals surface area contributed by atoms with Crippen LogP contribution in [0.3, 0.4) is 0 Å². The second kappa shape index (κ2) is 14.7. The van der Waals surface area contributed by atoms with E-state index in [0.717, 1.165) is 72.5 Å². The summed E-state index contributed by atoms with van der Waals surface area (Å²) in [6.45, 7) is 12.7. The predicted molar refractivity (Wildman–Crippen MR) is 151 cm³/mol. The molecule has 216 valence electrons. The van der Waals surface area contributed by atoms with Crippen molar-refractivity contribution in [3.8, 4) is 5.75 Å². The predicted octanol–water partition coefficient (Wildman–Crippen LogP) is 5.40. The molecule has 2 aliphatic rings. The number of ether oxygens (including phenoxy) is 2. The van der Waals surface area contributed by atoms with Gasteiger partial charge in [0.25, 0.3) is 0 Å². The summed E-state index contributed by atoms with van der Waals surface area (Å²) in [7, 11) is 0. The number of benzene rings is 1. The van der Waals surface area contributed by atoms with Crippen LogP contribution in [0.1, 0.15) is 77.8 Å². The number of hydrogen-bond acceptors (Lipinski definition) is 5. The highest BCUT2D eigenvalue weighted by Crippen LogP contribution is 2.35. The van der Waals surface area contributed by atoms with Crippen LogP contribution < -0.4 is 25.8 Å². The molecule has 8 heteroatoms. The van der Waals surface area contributed by atoms with Crippen LogP contribution >= 0.6 is 0 Å². The molecule has 2 aliphatic heterocycles. The first-order chi connectivity index (χ1) is 18.8. The van der Waals surface area contributed by atoms with E-state index < -0.39 is 11.7 Å². The van der Waals surface area contributed by atoms with Gasteiger partial charge in [0.1, 0.15) is 11.9 Å². The lowest BCUT2D eigenvalue weighted by molar-refractivity contribution is -0.137. The fraction of sp³-hybridized carbons (Fsp3) is 0.581. The Kier molecular flexibility index (Phi) is 11.7. The van der Waals surface area contributed by atoms with Gasteiger partial charge in [0, 0.05) is 54.4 Å². The van der Waals surface area contributed by atoms with Gasteiger partial charge in [-0.25, -0.2) is 0 Å². The molecule has 1 fully saturated rings. The van der Waals surface area contributed by atoms with Crippen molar-refractivity contribution in [1.29, 1.82) is 0 Å². The number of rotatable bonds is 10. The van der Waals surface area contributed by atoms with E-state index in [1.165, 1.54) is 6.07 Å². The Bertz CT molecular complexity index is 1180. The zero-order chi connectivity index (χ0) is 28.4. The molecule has 2 aromatic rings. The van der Waals surface area contributed by atoms with Gasteiger partial charge < -0.3 is 20.1 Å². The van der Waals surface area contributed by atoms with Crippen LogP contribution in [-0.2, 0) is 10.9 Å². The molecule has 1 unspecified atom stereocenters. The topological polar surface area (TPSA) is 55.4 Å². The molecular weight excluding hydrogens is 503 g/mol. The lowest BCUT2D eigenvalue weighted by Crippen LogP contribution is -2.42. The maximum absolute atomic E-state index is 13.6. The highest BCUT2D eigenvalue weighted by Gasteiger charge is 2.32. The number of aromatic nitrogens is 1. The van der Waals surface area contributed by atoms with Gasteiger partial charge in [-0.1, -0.05) is 53.5 Å². The second-order valence-electron chi connectivity index (χ2n) is 10.4. The van der Waals surface area contributed by atoms with E-state index in [-0.39, 0.29) is 11.9 Å². The minimum atomic E-state index is -4.45. The number of halogens is 3. The first-order valence-electron chi connectivity index (χ1n) is 14.4. The number of nitrogens with zero attached hydrogens (tertiary/aromatic N) is 1. The highest BCUT2D eigenvalue weighted by molar-refractivity contribution is 5.73. The van der Waals surface area contributed by atoms with Gasteiger partial charge in [0.2, 0.25) is 0 Å². The van der Waals surface area contributed by atoms with Crippen molar-refractivity contribution >= 4 is 11.3 Å². The molecule has 39 heavy (non-hydrogen) atoms. The number of pyridine rings is 1. The van der Waals surface area contributed by atoms with Crippen molar-refractivity contribution < 1.29 is 22.6 Å². The first kappa shape index (κ1) is 31.0. The third kappa shape index (κ3) is 8.45. The minimum absolute atomic E-state index is 0.235. The monoisotopic (exact) mass is 547 g/mol. The Balaban J connectivity index is 0.00000205. The van der Waals surface area contributed by atoms with Crippen molar-refractivity contribution in [1.82, 2.24) is 15.6 Å².